The van der Waals surface area contributed by atoms with Crippen LogP contribution < -0.4 is 4.72 Å². The first-order chi connectivity index (χ1) is 8.92. The van der Waals surface area contributed by atoms with E-state index in [-0.39, 0.29) is 15.9 Å². The van der Waals surface area contributed by atoms with Crippen LogP contribution in [0.25, 0.3) is 0 Å². The highest BCUT2D eigenvalue weighted by Crippen LogP contribution is 2.16. The molecule has 0 aromatic carbocycles. The first-order valence-electron chi connectivity index (χ1n) is 5.47. The molecule has 0 atom stereocenters. The molecule has 2 heterocycles. The zero-order chi connectivity index (χ0) is 14.0. The first kappa shape index (κ1) is 13.8. The molecule has 0 bridgehead atoms. The van der Waals surface area contributed by atoms with Gasteiger partial charge in [-0.05, 0) is 13.8 Å². The Labute approximate surface area is 115 Å². The fourth-order valence-electron chi connectivity index (χ4n) is 1.53. The van der Waals surface area contributed by atoms with E-state index in [2.05, 4.69) is 19.9 Å². The Morgan fingerprint density at radius 3 is 2.79 bits per heavy atom. The summed E-state index contributed by atoms with van der Waals surface area (Å²) in [6, 6.07) is 1.37. The van der Waals surface area contributed by atoms with Gasteiger partial charge in [-0.25, -0.2) is 4.98 Å². The monoisotopic (exact) mass is 301 g/mol. The quantitative estimate of drug-likeness (QED) is 0.923. The lowest BCUT2D eigenvalue weighted by atomic mass is 10.5. The van der Waals surface area contributed by atoms with E-state index in [9.17, 15) is 8.42 Å². The van der Waals surface area contributed by atoms with Crippen LogP contribution in [0.3, 0.4) is 0 Å². The molecule has 7 nitrogen and oxygen atoms in total. The number of nitrogens with zero attached hydrogens (tertiary/aromatic N) is 4. The maximum absolute atomic E-state index is 12.1. The van der Waals surface area contributed by atoms with Gasteiger partial charge in [-0.2, -0.15) is 13.5 Å². The predicted octanol–water partition coefficient (Wildman–Crippen LogP) is 1.46. The number of aryl methyl sites for hydroxylation is 2. The van der Waals surface area contributed by atoms with Crippen LogP contribution in [-0.4, -0.2) is 28.2 Å². The summed E-state index contributed by atoms with van der Waals surface area (Å²) >= 11 is 5.64. The Morgan fingerprint density at radius 2 is 2.21 bits per heavy atom. The van der Waals surface area contributed by atoms with E-state index in [1.54, 1.807) is 11.5 Å². The molecule has 102 valence electrons. The van der Waals surface area contributed by atoms with Gasteiger partial charge in [0.25, 0.3) is 10.0 Å². The van der Waals surface area contributed by atoms with E-state index in [1.807, 2.05) is 6.92 Å². The Balaban J connectivity index is 2.32. The van der Waals surface area contributed by atoms with E-state index in [1.165, 1.54) is 18.5 Å². The zero-order valence-corrected chi connectivity index (χ0v) is 11.9. The fourth-order valence-corrected chi connectivity index (χ4v) is 2.74. The molecule has 1 N–H and O–H groups in total. The topological polar surface area (TPSA) is 89.8 Å². The van der Waals surface area contributed by atoms with Crippen LogP contribution in [0.4, 0.5) is 5.69 Å². The lowest BCUT2D eigenvalue weighted by molar-refractivity contribution is 0.598. The number of halogens is 1. The van der Waals surface area contributed by atoms with Gasteiger partial charge in [0, 0.05) is 18.8 Å². The predicted molar refractivity (Wildman–Crippen MR) is 70.5 cm³/mol. The summed E-state index contributed by atoms with van der Waals surface area (Å²) in [4.78, 5) is 4.02. The molecule has 0 saturated carbocycles. The molecular weight excluding hydrogens is 290 g/mol. The summed E-state index contributed by atoms with van der Waals surface area (Å²) in [6.07, 6.45) is 2.75. The van der Waals surface area contributed by atoms with Crippen molar-refractivity contribution in [2.24, 2.45) is 0 Å². The van der Waals surface area contributed by atoms with Crippen LogP contribution >= 0.6 is 11.6 Å². The summed E-state index contributed by atoms with van der Waals surface area (Å²) < 4.78 is 28.3. The van der Waals surface area contributed by atoms with Crippen molar-refractivity contribution in [2.75, 3.05) is 4.72 Å². The maximum Gasteiger partial charge on any atom is 0.281 e. The number of sulfonamides is 1. The Kier molecular flexibility index (Phi) is 3.72. The van der Waals surface area contributed by atoms with Gasteiger partial charge in [-0.3, -0.25) is 4.72 Å². The van der Waals surface area contributed by atoms with Crippen molar-refractivity contribution >= 4 is 27.3 Å². The van der Waals surface area contributed by atoms with Crippen molar-refractivity contribution in [1.82, 2.24) is 19.7 Å². The van der Waals surface area contributed by atoms with Gasteiger partial charge in [-0.15, -0.1) is 5.10 Å². The molecule has 0 amide bonds. The lowest BCUT2D eigenvalue weighted by Crippen LogP contribution is -2.13. The highest BCUT2D eigenvalue weighted by atomic mass is 35.5. The second-order valence-electron chi connectivity index (χ2n) is 3.78. The summed E-state index contributed by atoms with van der Waals surface area (Å²) in [5.74, 6) is 0.633. The van der Waals surface area contributed by atoms with Crippen LogP contribution in [0.5, 0.6) is 0 Å². The van der Waals surface area contributed by atoms with Gasteiger partial charge >= 0.3 is 0 Å². The van der Waals surface area contributed by atoms with Crippen molar-refractivity contribution < 1.29 is 8.42 Å². The minimum Gasteiger partial charge on any atom is -0.334 e. The van der Waals surface area contributed by atoms with E-state index >= 15 is 0 Å². The lowest BCUT2D eigenvalue weighted by Gasteiger charge is -2.04. The molecule has 0 fully saturated rings. The third kappa shape index (κ3) is 3.02. The number of hydrogen-bond acceptors (Lipinski definition) is 5. The van der Waals surface area contributed by atoms with Crippen molar-refractivity contribution in [3.8, 4) is 0 Å². The average Bonchev–Trinajstić information content (AvgIpc) is 2.71. The minimum absolute atomic E-state index is 0.0419. The highest BCUT2D eigenvalue weighted by molar-refractivity contribution is 7.92. The van der Waals surface area contributed by atoms with Crippen LogP contribution in [0.15, 0.2) is 23.5 Å². The number of aromatic nitrogens is 4. The molecule has 0 unspecified atom stereocenters. The molecule has 0 aliphatic heterocycles. The van der Waals surface area contributed by atoms with E-state index in [4.69, 9.17) is 11.6 Å². The van der Waals surface area contributed by atoms with Gasteiger partial charge in [0.2, 0.25) is 0 Å². The molecule has 2 aromatic heterocycles. The van der Waals surface area contributed by atoms with Gasteiger partial charge in [0.1, 0.15) is 5.82 Å². The molecule has 0 aliphatic carbocycles. The second-order valence-corrected chi connectivity index (χ2v) is 5.80. The number of hydrogen-bond donors (Lipinski definition) is 1. The van der Waals surface area contributed by atoms with Gasteiger partial charge in [-0.1, -0.05) is 11.6 Å². The standard InChI is InChI=1S/C10H12ClN5O2S/c1-3-16-6-10(13-7(16)2)19(17,18)15-8-4-9(11)14-12-5-8/h4-6H,3H2,1-2H3,(H,14,15). The van der Waals surface area contributed by atoms with Crippen LogP contribution in [-0.2, 0) is 16.6 Å². The van der Waals surface area contributed by atoms with Crippen LogP contribution in [0, 0.1) is 6.92 Å². The maximum atomic E-state index is 12.1. The molecule has 0 radical (unpaired) electrons. The summed E-state index contributed by atoms with van der Waals surface area (Å²) in [5, 5.41) is 7.17. The van der Waals surface area contributed by atoms with Crippen molar-refractivity contribution in [1.29, 1.82) is 0 Å². The Hall–Kier alpha value is -1.67. The molecule has 0 aliphatic rings. The summed E-state index contributed by atoms with van der Waals surface area (Å²) in [6.45, 7) is 4.30. The van der Waals surface area contributed by atoms with Gasteiger partial charge in [0.15, 0.2) is 10.2 Å². The third-order valence-corrected chi connectivity index (χ3v) is 3.88. The van der Waals surface area contributed by atoms with Crippen molar-refractivity contribution in [2.45, 2.75) is 25.4 Å². The Bertz CT molecular complexity index is 698. The van der Waals surface area contributed by atoms with E-state index in [0.29, 0.717) is 12.4 Å². The molecule has 0 spiro atoms. The normalized spacial score (nSPS) is 11.5. The van der Waals surface area contributed by atoms with E-state index in [0.717, 1.165) is 0 Å². The van der Waals surface area contributed by atoms with Gasteiger partial charge < -0.3 is 4.57 Å². The molecule has 2 rings (SSSR count). The number of rotatable bonds is 4. The molecule has 2 aromatic rings. The average molecular weight is 302 g/mol. The summed E-state index contributed by atoms with van der Waals surface area (Å²) in [5.41, 5.74) is 0.240. The van der Waals surface area contributed by atoms with Crippen LogP contribution in [0.2, 0.25) is 5.15 Å². The molecule has 19 heavy (non-hydrogen) atoms. The largest absolute Gasteiger partial charge is 0.334 e. The van der Waals surface area contributed by atoms with E-state index < -0.39 is 10.0 Å². The van der Waals surface area contributed by atoms with Crippen LogP contribution in [0.1, 0.15) is 12.7 Å². The molecule has 0 saturated heterocycles. The minimum atomic E-state index is -3.75. The smallest absolute Gasteiger partial charge is 0.281 e. The highest BCUT2D eigenvalue weighted by Gasteiger charge is 2.19. The molecular formula is C10H12ClN5O2S. The molecule has 9 heteroatoms. The Morgan fingerprint density at radius 1 is 1.47 bits per heavy atom. The fraction of sp³-hybridized carbons (Fsp3) is 0.300. The number of nitrogens with one attached hydrogen (secondary N) is 1. The second kappa shape index (κ2) is 5.14. The van der Waals surface area contributed by atoms with Crippen molar-refractivity contribution in [3.63, 3.8) is 0 Å². The first-order valence-corrected chi connectivity index (χ1v) is 7.33. The third-order valence-electron chi connectivity index (χ3n) is 2.45. The summed E-state index contributed by atoms with van der Waals surface area (Å²) in [7, 11) is -3.75. The van der Waals surface area contributed by atoms with Crippen molar-refractivity contribution in [3.05, 3.63) is 29.4 Å². The number of imidazole rings is 1. The number of anilines is 1. The van der Waals surface area contributed by atoms with Gasteiger partial charge in [0.05, 0.1) is 11.9 Å². The zero-order valence-electron chi connectivity index (χ0n) is 10.3. The SMILES string of the molecule is CCn1cc(S(=O)(=O)Nc2cnnc(Cl)c2)nc1C.